The minimum absolute atomic E-state index is 0.416. The lowest BCUT2D eigenvalue weighted by Crippen LogP contribution is -2.43. The Bertz CT molecular complexity index is 1280. The van der Waals surface area contributed by atoms with Crippen molar-refractivity contribution in [2.45, 2.75) is 13.5 Å². The molecular weight excluding hydrogens is 462 g/mol. The van der Waals surface area contributed by atoms with Crippen LogP contribution in [0.15, 0.2) is 54.7 Å². The number of aromatic amines is 1. The number of anilines is 4. The van der Waals surface area contributed by atoms with Crippen molar-refractivity contribution in [3.8, 4) is 11.4 Å². The number of hydrogen-bond donors (Lipinski definition) is 3. The summed E-state index contributed by atoms with van der Waals surface area (Å²) in [4.78, 5) is 18.2. The van der Waals surface area contributed by atoms with E-state index >= 15 is 0 Å². The molecule has 1 saturated heterocycles. The number of nitrogens with one attached hydrogen (secondary N) is 3. The summed E-state index contributed by atoms with van der Waals surface area (Å²) in [5.74, 6) is 2.30. The lowest BCUT2D eigenvalue weighted by molar-refractivity contribution is 0.148. The average molecular weight is 490 g/mol. The third-order valence-electron chi connectivity index (χ3n) is 5.97. The molecule has 0 amide bonds. The maximum atomic E-state index is 6.41. The summed E-state index contributed by atoms with van der Waals surface area (Å²) >= 11 is 6.41. The number of halogens is 1. The first-order valence-electron chi connectivity index (χ1n) is 11.6. The van der Waals surface area contributed by atoms with E-state index in [2.05, 4.69) is 76.9 Å². The first-order valence-corrected chi connectivity index (χ1v) is 12.0. The summed E-state index contributed by atoms with van der Waals surface area (Å²) in [7, 11) is 2.17. The Balaban J connectivity index is 1.28. The van der Waals surface area contributed by atoms with E-state index in [4.69, 9.17) is 11.6 Å². The van der Waals surface area contributed by atoms with E-state index in [1.807, 2.05) is 31.2 Å². The highest BCUT2D eigenvalue weighted by molar-refractivity contribution is 6.33. The zero-order valence-corrected chi connectivity index (χ0v) is 20.5. The van der Waals surface area contributed by atoms with Gasteiger partial charge in [0, 0.05) is 44.0 Å². The molecule has 0 aliphatic carbocycles. The molecule has 0 atom stereocenters. The third kappa shape index (κ3) is 5.76. The van der Waals surface area contributed by atoms with Crippen LogP contribution in [-0.2, 0) is 6.54 Å². The first-order chi connectivity index (χ1) is 17.0. The summed E-state index contributed by atoms with van der Waals surface area (Å²) in [6, 6.07) is 16.1. The Morgan fingerprint density at radius 1 is 0.971 bits per heavy atom. The first kappa shape index (κ1) is 23.2. The summed E-state index contributed by atoms with van der Waals surface area (Å²) < 4.78 is 0. The Kier molecular flexibility index (Phi) is 6.89. The van der Waals surface area contributed by atoms with Gasteiger partial charge >= 0.3 is 0 Å². The van der Waals surface area contributed by atoms with Crippen LogP contribution < -0.4 is 10.6 Å². The van der Waals surface area contributed by atoms with Gasteiger partial charge in [0.25, 0.3) is 0 Å². The molecular formula is C25H28ClN9. The number of para-hydroxylation sites is 1. The van der Waals surface area contributed by atoms with Crippen LogP contribution in [-0.4, -0.2) is 68.2 Å². The predicted octanol–water partition coefficient (Wildman–Crippen LogP) is 4.46. The van der Waals surface area contributed by atoms with Crippen molar-refractivity contribution in [3.05, 3.63) is 71.1 Å². The van der Waals surface area contributed by atoms with Gasteiger partial charge in [-0.25, -0.2) is 9.97 Å². The molecule has 0 radical (unpaired) electrons. The molecule has 0 unspecified atom stereocenters. The molecule has 35 heavy (non-hydrogen) atoms. The molecule has 9 nitrogen and oxygen atoms in total. The molecule has 0 spiro atoms. The average Bonchev–Trinajstić information content (AvgIpc) is 3.30. The number of likely N-dealkylation sites (N-methyl/N-ethyl adjacent to an activating group) is 1. The van der Waals surface area contributed by atoms with Crippen LogP contribution in [0.3, 0.4) is 0 Å². The van der Waals surface area contributed by atoms with Gasteiger partial charge in [0.05, 0.1) is 11.9 Å². The van der Waals surface area contributed by atoms with Crippen molar-refractivity contribution < 1.29 is 0 Å². The fraction of sp³-hybridized carbons (Fsp3) is 0.280. The number of aryl methyl sites for hydroxylation is 1. The highest BCUT2D eigenvalue weighted by Crippen LogP contribution is 2.30. The number of nitrogens with zero attached hydrogens (tertiary/aromatic N) is 6. The van der Waals surface area contributed by atoms with Gasteiger partial charge in [-0.15, -0.1) is 0 Å². The molecule has 0 saturated carbocycles. The van der Waals surface area contributed by atoms with Crippen LogP contribution in [0, 0.1) is 6.92 Å². The Morgan fingerprint density at radius 2 is 1.74 bits per heavy atom. The zero-order chi connectivity index (χ0) is 24.2. The minimum Gasteiger partial charge on any atom is -0.338 e. The molecule has 4 aromatic rings. The fourth-order valence-corrected chi connectivity index (χ4v) is 4.12. The maximum absolute atomic E-state index is 6.41. The summed E-state index contributed by atoms with van der Waals surface area (Å²) in [5.41, 5.74) is 3.85. The van der Waals surface area contributed by atoms with E-state index < -0.39 is 0 Å². The second-order valence-corrected chi connectivity index (χ2v) is 9.11. The van der Waals surface area contributed by atoms with Crippen LogP contribution in [0.5, 0.6) is 0 Å². The van der Waals surface area contributed by atoms with Gasteiger partial charge in [-0.05, 0) is 43.8 Å². The minimum atomic E-state index is 0.416. The van der Waals surface area contributed by atoms with E-state index in [1.54, 1.807) is 6.20 Å². The Labute approximate surface area is 209 Å². The smallest absolute Gasteiger partial charge is 0.229 e. The number of aromatic nitrogens is 5. The normalized spacial score (nSPS) is 14.7. The summed E-state index contributed by atoms with van der Waals surface area (Å²) in [6.07, 6.45) is 1.58. The second kappa shape index (κ2) is 10.4. The van der Waals surface area contributed by atoms with Crippen LogP contribution in [0.1, 0.15) is 11.4 Å². The van der Waals surface area contributed by atoms with Crippen molar-refractivity contribution >= 4 is 34.7 Å². The largest absolute Gasteiger partial charge is 0.338 e. The molecule has 1 aliphatic heterocycles. The van der Waals surface area contributed by atoms with Gasteiger partial charge in [0.2, 0.25) is 5.95 Å². The Hall–Kier alpha value is -3.53. The SMILES string of the molecule is Cc1nc(-c2ccccc2Nc2nc(Nc3ccc(CN4CCN(C)CC4)cc3)ncc2Cl)n[nH]1. The second-order valence-electron chi connectivity index (χ2n) is 8.71. The lowest BCUT2D eigenvalue weighted by atomic mass is 10.1. The number of H-pyrrole nitrogens is 1. The standard InChI is InChI=1S/C25H28ClN9/c1-17-28-23(33-32-17)20-5-3-4-6-22(20)30-24-21(26)15-27-25(31-24)29-19-9-7-18(8-10-19)16-35-13-11-34(2)12-14-35/h3-10,15H,11-14,16H2,1-2H3,(H,28,32,33)(H2,27,29,30,31). The third-order valence-corrected chi connectivity index (χ3v) is 6.25. The van der Waals surface area contributed by atoms with E-state index in [0.29, 0.717) is 22.6 Å². The van der Waals surface area contributed by atoms with E-state index in [0.717, 1.165) is 55.5 Å². The van der Waals surface area contributed by atoms with Gasteiger partial charge in [0.15, 0.2) is 11.6 Å². The van der Waals surface area contributed by atoms with Crippen LogP contribution in [0.2, 0.25) is 5.02 Å². The molecule has 2 aromatic carbocycles. The molecule has 3 heterocycles. The summed E-state index contributed by atoms with van der Waals surface area (Å²) in [5, 5.41) is 14.1. The highest BCUT2D eigenvalue weighted by atomic mass is 35.5. The topological polar surface area (TPSA) is 97.9 Å². The highest BCUT2D eigenvalue weighted by Gasteiger charge is 2.15. The molecule has 5 rings (SSSR count). The maximum Gasteiger partial charge on any atom is 0.229 e. The number of rotatable bonds is 7. The van der Waals surface area contributed by atoms with Crippen LogP contribution in [0.4, 0.5) is 23.1 Å². The van der Waals surface area contributed by atoms with Crippen molar-refractivity contribution in [2.24, 2.45) is 0 Å². The van der Waals surface area contributed by atoms with E-state index in [1.165, 1.54) is 5.56 Å². The molecule has 2 aromatic heterocycles. The Morgan fingerprint density at radius 3 is 2.49 bits per heavy atom. The molecule has 1 fully saturated rings. The summed E-state index contributed by atoms with van der Waals surface area (Å²) in [6.45, 7) is 7.26. The van der Waals surface area contributed by atoms with Crippen molar-refractivity contribution in [2.75, 3.05) is 43.9 Å². The van der Waals surface area contributed by atoms with Crippen molar-refractivity contribution in [1.29, 1.82) is 0 Å². The van der Waals surface area contributed by atoms with Crippen LogP contribution in [0.25, 0.3) is 11.4 Å². The molecule has 1 aliphatic rings. The fourth-order valence-electron chi connectivity index (χ4n) is 3.98. The van der Waals surface area contributed by atoms with Gasteiger partial charge in [-0.3, -0.25) is 10.00 Å². The predicted molar refractivity (Wildman–Crippen MR) is 139 cm³/mol. The molecule has 180 valence electrons. The quantitative estimate of drug-likeness (QED) is 0.350. The molecule has 10 heteroatoms. The van der Waals surface area contributed by atoms with Gasteiger partial charge in [-0.1, -0.05) is 35.9 Å². The number of piperazine rings is 1. The number of hydrogen-bond acceptors (Lipinski definition) is 8. The van der Waals surface area contributed by atoms with Crippen LogP contribution >= 0.6 is 11.6 Å². The lowest BCUT2D eigenvalue weighted by Gasteiger charge is -2.32. The molecule has 3 N–H and O–H groups in total. The van der Waals surface area contributed by atoms with Crippen molar-refractivity contribution in [3.63, 3.8) is 0 Å². The van der Waals surface area contributed by atoms with E-state index in [-0.39, 0.29) is 0 Å². The van der Waals surface area contributed by atoms with E-state index in [9.17, 15) is 0 Å². The zero-order valence-electron chi connectivity index (χ0n) is 19.8. The number of benzene rings is 2. The van der Waals surface area contributed by atoms with Gasteiger partial charge in [0.1, 0.15) is 10.8 Å². The monoisotopic (exact) mass is 489 g/mol. The molecule has 0 bridgehead atoms. The van der Waals surface area contributed by atoms with Gasteiger partial charge in [-0.2, -0.15) is 10.1 Å². The van der Waals surface area contributed by atoms with Gasteiger partial charge < -0.3 is 15.5 Å². The van der Waals surface area contributed by atoms with Crippen molar-refractivity contribution in [1.82, 2.24) is 34.9 Å².